The Balaban J connectivity index is 2.35. The van der Waals surface area contributed by atoms with E-state index in [-0.39, 0.29) is 5.69 Å². The lowest BCUT2D eigenvalue weighted by Gasteiger charge is -2.05. The van der Waals surface area contributed by atoms with Crippen LogP contribution in [0.2, 0.25) is 0 Å². The van der Waals surface area contributed by atoms with Crippen LogP contribution >= 0.6 is 0 Å². The lowest BCUT2D eigenvalue weighted by Crippen LogP contribution is -2.30. The minimum Gasteiger partial charge on any atom is -0.480 e. The largest absolute Gasteiger partial charge is 0.480 e. The second-order valence-corrected chi connectivity index (χ2v) is 3.46. The van der Waals surface area contributed by atoms with E-state index in [1.54, 1.807) is 18.2 Å². The summed E-state index contributed by atoms with van der Waals surface area (Å²) in [7, 11) is 0. The van der Waals surface area contributed by atoms with Crippen molar-refractivity contribution in [1.29, 1.82) is 0 Å². The number of aliphatic carboxylic acids is 1. The fourth-order valence-electron chi connectivity index (χ4n) is 1.54. The Kier molecular flexibility index (Phi) is 3.00. The van der Waals surface area contributed by atoms with E-state index in [2.05, 4.69) is 10.3 Å². The van der Waals surface area contributed by atoms with Gasteiger partial charge in [0.05, 0.1) is 0 Å². The second-order valence-electron chi connectivity index (χ2n) is 3.46. The van der Waals surface area contributed by atoms with Gasteiger partial charge in [-0.15, -0.1) is 0 Å². The number of hydrogen-bond acceptors (Lipinski definition) is 3. The molecule has 17 heavy (non-hydrogen) atoms. The summed E-state index contributed by atoms with van der Waals surface area (Å²) >= 11 is 0. The molecule has 0 unspecified atom stereocenters. The molecule has 0 saturated carbocycles. The van der Waals surface area contributed by atoms with Gasteiger partial charge in [-0.25, -0.2) is 0 Å². The number of carbonyl (C=O) groups is 2. The number of nitrogens with zero attached hydrogens (tertiary/aromatic N) is 1. The van der Waals surface area contributed by atoms with Crippen LogP contribution in [-0.4, -0.2) is 28.5 Å². The topological polar surface area (TPSA) is 79.3 Å². The van der Waals surface area contributed by atoms with Gasteiger partial charge < -0.3 is 10.4 Å². The van der Waals surface area contributed by atoms with Crippen molar-refractivity contribution in [2.24, 2.45) is 0 Å². The van der Waals surface area contributed by atoms with Gasteiger partial charge in [-0.1, -0.05) is 24.3 Å². The molecule has 5 heteroatoms. The molecule has 1 amide bonds. The van der Waals surface area contributed by atoms with E-state index in [4.69, 9.17) is 5.11 Å². The first kappa shape index (κ1) is 11.1. The number of carboxylic acids is 1. The van der Waals surface area contributed by atoms with Crippen LogP contribution in [0.1, 0.15) is 10.5 Å². The van der Waals surface area contributed by atoms with E-state index >= 15 is 0 Å². The number of fused-ring (bicyclic) bond motifs is 1. The zero-order valence-corrected chi connectivity index (χ0v) is 8.88. The lowest BCUT2D eigenvalue weighted by molar-refractivity contribution is -0.135. The molecule has 0 aliphatic heterocycles. The van der Waals surface area contributed by atoms with E-state index in [9.17, 15) is 9.59 Å². The zero-order valence-electron chi connectivity index (χ0n) is 8.88. The van der Waals surface area contributed by atoms with Gasteiger partial charge in [-0.3, -0.25) is 14.6 Å². The fraction of sp³-hybridized carbons (Fsp3) is 0.0833. The first-order chi connectivity index (χ1) is 8.18. The third-order valence-electron chi connectivity index (χ3n) is 2.29. The van der Waals surface area contributed by atoms with Crippen molar-refractivity contribution in [1.82, 2.24) is 10.3 Å². The molecule has 0 fully saturated rings. The molecular weight excluding hydrogens is 220 g/mol. The average molecular weight is 230 g/mol. The van der Waals surface area contributed by atoms with Crippen molar-refractivity contribution in [2.45, 2.75) is 0 Å². The molecule has 0 saturated heterocycles. The highest BCUT2D eigenvalue weighted by Crippen LogP contribution is 2.15. The summed E-state index contributed by atoms with van der Waals surface area (Å²) in [6.45, 7) is -0.413. The molecule has 1 aromatic carbocycles. The van der Waals surface area contributed by atoms with Crippen LogP contribution in [0.15, 0.2) is 36.5 Å². The minimum absolute atomic E-state index is 0.240. The van der Waals surface area contributed by atoms with E-state index in [0.29, 0.717) is 5.39 Å². The molecule has 0 atom stereocenters. The fourth-order valence-corrected chi connectivity index (χ4v) is 1.54. The van der Waals surface area contributed by atoms with Gasteiger partial charge in [0, 0.05) is 11.6 Å². The Hall–Kier alpha value is -2.43. The second kappa shape index (κ2) is 4.61. The van der Waals surface area contributed by atoms with Gasteiger partial charge in [0.25, 0.3) is 5.91 Å². The predicted molar refractivity (Wildman–Crippen MR) is 61.7 cm³/mol. The monoisotopic (exact) mass is 230 g/mol. The van der Waals surface area contributed by atoms with E-state index < -0.39 is 18.4 Å². The van der Waals surface area contributed by atoms with Crippen LogP contribution in [0.5, 0.6) is 0 Å². The summed E-state index contributed by atoms with van der Waals surface area (Å²) in [4.78, 5) is 26.1. The summed E-state index contributed by atoms with van der Waals surface area (Å²) in [5, 5.41) is 12.4. The molecule has 2 N–H and O–H groups in total. The van der Waals surface area contributed by atoms with Crippen LogP contribution in [0, 0.1) is 0 Å². The Bertz CT molecular complexity index is 575. The molecular formula is C12H10N2O3. The van der Waals surface area contributed by atoms with Crippen LogP contribution in [0.4, 0.5) is 0 Å². The zero-order chi connectivity index (χ0) is 12.3. The van der Waals surface area contributed by atoms with Crippen molar-refractivity contribution < 1.29 is 14.7 Å². The number of pyridine rings is 1. The molecule has 0 aliphatic carbocycles. The number of benzene rings is 1. The first-order valence-electron chi connectivity index (χ1n) is 5.02. The number of nitrogens with one attached hydrogen (secondary N) is 1. The third kappa shape index (κ3) is 2.39. The summed E-state index contributed by atoms with van der Waals surface area (Å²) in [6.07, 6.45) is 1.53. The van der Waals surface area contributed by atoms with Gasteiger partial charge in [0.15, 0.2) is 0 Å². The normalized spacial score (nSPS) is 10.1. The molecule has 0 bridgehead atoms. The van der Waals surface area contributed by atoms with Crippen LogP contribution < -0.4 is 5.32 Å². The molecule has 1 heterocycles. The molecule has 2 aromatic rings. The maximum atomic E-state index is 11.7. The van der Waals surface area contributed by atoms with E-state index in [1.165, 1.54) is 6.20 Å². The summed E-state index contributed by atoms with van der Waals surface area (Å²) in [6, 6.07) is 9.10. The molecule has 1 aromatic heterocycles. The molecule has 5 nitrogen and oxygen atoms in total. The van der Waals surface area contributed by atoms with Crippen LogP contribution in [0.3, 0.4) is 0 Å². The van der Waals surface area contributed by atoms with Gasteiger partial charge in [-0.05, 0) is 11.5 Å². The molecule has 2 rings (SSSR count). The van der Waals surface area contributed by atoms with Gasteiger partial charge in [0.1, 0.15) is 12.2 Å². The Morgan fingerprint density at radius 3 is 2.76 bits per heavy atom. The average Bonchev–Trinajstić information content (AvgIpc) is 2.35. The maximum Gasteiger partial charge on any atom is 0.322 e. The van der Waals surface area contributed by atoms with Crippen LogP contribution in [0.25, 0.3) is 10.8 Å². The Morgan fingerprint density at radius 2 is 2.00 bits per heavy atom. The Labute approximate surface area is 97.1 Å². The lowest BCUT2D eigenvalue weighted by atomic mass is 10.1. The summed E-state index contributed by atoms with van der Waals surface area (Å²) in [5.41, 5.74) is 0.240. The number of hydrogen-bond donors (Lipinski definition) is 2. The highest BCUT2D eigenvalue weighted by molar-refractivity contribution is 6.05. The SMILES string of the molecule is O=C(O)CNC(=O)c1nccc2ccccc12. The molecule has 0 radical (unpaired) electrons. The van der Waals surface area contributed by atoms with Gasteiger partial charge >= 0.3 is 5.97 Å². The van der Waals surface area contributed by atoms with Crippen LogP contribution in [-0.2, 0) is 4.79 Å². The van der Waals surface area contributed by atoms with Crippen molar-refractivity contribution in [3.63, 3.8) is 0 Å². The summed E-state index contributed by atoms with van der Waals surface area (Å²) in [5.74, 6) is -1.57. The first-order valence-corrected chi connectivity index (χ1v) is 5.02. The van der Waals surface area contributed by atoms with E-state index in [1.807, 2.05) is 12.1 Å². The summed E-state index contributed by atoms with van der Waals surface area (Å²) < 4.78 is 0. The maximum absolute atomic E-state index is 11.7. The quantitative estimate of drug-likeness (QED) is 0.826. The molecule has 0 spiro atoms. The standard InChI is InChI=1S/C12H10N2O3/c15-10(16)7-14-12(17)11-9-4-2-1-3-8(9)5-6-13-11/h1-6H,7H2,(H,14,17)(H,15,16). The number of carbonyl (C=O) groups excluding carboxylic acids is 1. The number of amides is 1. The highest BCUT2D eigenvalue weighted by Gasteiger charge is 2.11. The predicted octanol–water partition coefficient (Wildman–Crippen LogP) is 1.05. The highest BCUT2D eigenvalue weighted by atomic mass is 16.4. The molecule has 86 valence electrons. The Morgan fingerprint density at radius 1 is 1.24 bits per heavy atom. The van der Waals surface area contributed by atoms with Gasteiger partial charge in [0.2, 0.25) is 0 Å². The van der Waals surface area contributed by atoms with Crippen molar-refractivity contribution >= 4 is 22.6 Å². The van der Waals surface area contributed by atoms with Crippen molar-refractivity contribution in [2.75, 3.05) is 6.54 Å². The smallest absolute Gasteiger partial charge is 0.322 e. The van der Waals surface area contributed by atoms with Gasteiger partial charge in [-0.2, -0.15) is 0 Å². The molecule has 0 aliphatic rings. The van der Waals surface area contributed by atoms with E-state index in [0.717, 1.165) is 5.39 Å². The minimum atomic E-state index is -1.08. The number of carboxylic acid groups (broad SMARTS) is 1. The number of aromatic nitrogens is 1. The number of rotatable bonds is 3. The third-order valence-corrected chi connectivity index (χ3v) is 2.29. The van der Waals surface area contributed by atoms with Crippen molar-refractivity contribution in [3.8, 4) is 0 Å². The van der Waals surface area contributed by atoms with Crippen molar-refractivity contribution in [3.05, 3.63) is 42.2 Å².